The van der Waals surface area contributed by atoms with Gasteiger partial charge in [0.05, 0.1) is 20.3 Å². The van der Waals surface area contributed by atoms with Crippen molar-refractivity contribution in [3.8, 4) is 11.5 Å². The Labute approximate surface area is 135 Å². The van der Waals surface area contributed by atoms with Crippen LogP contribution in [0.2, 0.25) is 18.1 Å². The molecular weight excluding hydrogens is 296 g/mol. The summed E-state index contributed by atoms with van der Waals surface area (Å²) in [7, 11) is -0.529. The maximum Gasteiger partial charge on any atom is 0.188 e. The summed E-state index contributed by atoms with van der Waals surface area (Å²) >= 11 is 0. The van der Waals surface area contributed by atoms with Crippen molar-refractivity contribution in [2.24, 2.45) is 0 Å². The molecule has 0 aliphatic carbocycles. The Morgan fingerprint density at radius 1 is 1.18 bits per heavy atom. The normalized spacial score (nSPS) is 12.3. The molecule has 1 rings (SSSR count). The fourth-order valence-corrected chi connectivity index (χ4v) is 2.90. The summed E-state index contributed by atoms with van der Waals surface area (Å²) in [5, 5.41) is 9.22. The summed E-state index contributed by atoms with van der Waals surface area (Å²) in [5.41, 5.74) is 0.756. The van der Waals surface area contributed by atoms with E-state index in [1.165, 1.54) is 0 Å². The Morgan fingerprint density at radius 2 is 1.86 bits per heavy atom. The number of methoxy groups -OCH3 is 1. The van der Waals surface area contributed by atoms with Crippen molar-refractivity contribution >= 4 is 8.32 Å². The first-order valence-electron chi connectivity index (χ1n) is 7.84. The smallest absolute Gasteiger partial charge is 0.188 e. The van der Waals surface area contributed by atoms with E-state index in [0.29, 0.717) is 12.4 Å². The van der Waals surface area contributed by atoms with Crippen LogP contribution in [0.4, 0.5) is 0 Å². The zero-order chi connectivity index (χ0) is 16.8. The molecule has 0 saturated heterocycles. The lowest BCUT2D eigenvalue weighted by Crippen LogP contribution is -2.38. The highest BCUT2D eigenvalue weighted by Crippen LogP contribution is 2.40. The van der Waals surface area contributed by atoms with Crippen molar-refractivity contribution in [2.75, 3.05) is 13.7 Å². The number of hydrogen-bond donors (Lipinski definition) is 2. The SMILES string of the molecule is COc1cc(OCCCCC(C)(C)[Si](C)(C)O)ccc1CO. The molecule has 0 aliphatic rings. The monoisotopic (exact) mass is 326 g/mol. The molecule has 0 amide bonds. The first-order chi connectivity index (χ1) is 10.2. The molecule has 0 spiro atoms. The van der Waals surface area contributed by atoms with Crippen LogP contribution in [0.15, 0.2) is 18.2 Å². The Kier molecular flexibility index (Phi) is 6.90. The van der Waals surface area contributed by atoms with Gasteiger partial charge in [-0.05, 0) is 49.5 Å². The standard InChI is InChI=1S/C17H30O4Si/c1-17(2,22(4,5)19)10-6-7-11-21-15-9-8-14(13-18)16(12-15)20-3/h8-9,12,18-19H,6-7,10-11,13H2,1-5H3. The van der Waals surface area contributed by atoms with Gasteiger partial charge in [-0.1, -0.05) is 13.8 Å². The Hall–Kier alpha value is -1.04. The maximum atomic E-state index is 10.3. The highest BCUT2D eigenvalue weighted by Gasteiger charge is 2.37. The van der Waals surface area contributed by atoms with Gasteiger partial charge in [0, 0.05) is 11.6 Å². The number of aliphatic hydroxyl groups is 1. The van der Waals surface area contributed by atoms with Gasteiger partial charge < -0.3 is 19.4 Å². The van der Waals surface area contributed by atoms with Gasteiger partial charge in [-0.3, -0.25) is 0 Å². The predicted octanol–water partition coefficient (Wildman–Crippen LogP) is 3.71. The molecule has 0 unspecified atom stereocenters. The third-order valence-electron chi connectivity index (χ3n) is 4.55. The van der Waals surface area contributed by atoms with Gasteiger partial charge in [0.2, 0.25) is 0 Å². The van der Waals surface area contributed by atoms with Gasteiger partial charge >= 0.3 is 0 Å². The van der Waals surface area contributed by atoms with Crippen molar-refractivity contribution in [3.05, 3.63) is 23.8 Å². The lowest BCUT2D eigenvalue weighted by molar-refractivity contribution is 0.271. The fraction of sp³-hybridized carbons (Fsp3) is 0.647. The molecule has 1 aromatic carbocycles. The molecular formula is C17H30O4Si. The number of hydrogen-bond acceptors (Lipinski definition) is 4. The molecule has 0 fully saturated rings. The lowest BCUT2D eigenvalue weighted by atomic mass is 10.1. The Bertz CT molecular complexity index is 466. The number of unbranched alkanes of at least 4 members (excludes halogenated alkanes) is 1. The maximum absolute atomic E-state index is 10.3. The van der Waals surface area contributed by atoms with Gasteiger partial charge in [0.1, 0.15) is 11.5 Å². The minimum atomic E-state index is -2.11. The minimum absolute atomic E-state index is 0.0268. The van der Waals surface area contributed by atoms with Crippen LogP contribution in [-0.2, 0) is 6.61 Å². The second-order valence-corrected chi connectivity index (χ2v) is 11.4. The second kappa shape index (κ2) is 7.99. The molecule has 22 heavy (non-hydrogen) atoms. The summed E-state index contributed by atoms with van der Waals surface area (Å²) < 4.78 is 11.0. The van der Waals surface area contributed by atoms with E-state index in [1.807, 2.05) is 25.2 Å². The second-order valence-electron chi connectivity index (χ2n) is 6.88. The third-order valence-corrected chi connectivity index (χ3v) is 8.11. The van der Waals surface area contributed by atoms with Gasteiger partial charge in [0.15, 0.2) is 8.32 Å². The van der Waals surface area contributed by atoms with Crippen LogP contribution >= 0.6 is 0 Å². The molecule has 0 aromatic heterocycles. The number of ether oxygens (including phenoxy) is 2. The largest absolute Gasteiger partial charge is 0.496 e. The van der Waals surface area contributed by atoms with Crippen molar-refractivity contribution in [1.82, 2.24) is 0 Å². The fourth-order valence-electron chi connectivity index (χ4n) is 2.11. The molecule has 5 heteroatoms. The van der Waals surface area contributed by atoms with E-state index in [9.17, 15) is 9.90 Å². The number of rotatable bonds is 9. The van der Waals surface area contributed by atoms with E-state index in [0.717, 1.165) is 30.6 Å². The van der Waals surface area contributed by atoms with Crippen molar-refractivity contribution in [1.29, 1.82) is 0 Å². The van der Waals surface area contributed by atoms with Crippen LogP contribution in [0.25, 0.3) is 0 Å². The van der Waals surface area contributed by atoms with Gasteiger partial charge in [-0.2, -0.15) is 0 Å². The van der Waals surface area contributed by atoms with Crippen molar-refractivity contribution < 1.29 is 19.4 Å². The summed E-state index contributed by atoms with van der Waals surface area (Å²) in [4.78, 5) is 10.3. The van der Waals surface area contributed by atoms with Crippen molar-refractivity contribution in [3.63, 3.8) is 0 Å². The third kappa shape index (κ3) is 5.30. The lowest BCUT2D eigenvalue weighted by Gasteiger charge is -2.35. The molecule has 126 valence electrons. The Morgan fingerprint density at radius 3 is 2.41 bits per heavy atom. The molecule has 0 radical (unpaired) electrons. The zero-order valence-electron chi connectivity index (χ0n) is 14.5. The highest BCUT2D eigenvalue weighted by molar-refractivity contribution is 6.72. The molecule has 0 heterocycles. The average molecular weight is 327 g/mol. The van der Waals surface area contributed by atoms with E-state index >= 15 is 0 Å². The molecule has 0 saturated carbocycles. The Balaban J connectivity index is 2.39. The molecule has 0 aliphatic heterocycles. The van der Waals surface area contributed by atoms with Crippen LogP contribution in [0.1, 0.15) is 38.7 Å². The van der Waals surface area contributed by atoms with Crippen molar-refractivity contribution in [2.45, 2.75) is 57.8 Å². The molecule has 4 nitrogen and oxygen atoms in total. The van der Waals surface area contributed by atoms with Gasteiger partial charge in [0.25, 0.3) is 0 Å². The van der Waals surface area contributed by atoms with E-state index in [2.05, 4.69) is 13.8 Å². The molecule has 0 bridgehead atoms. The number of aliphatic hydroxyl groups excluding tert-OH is 1. The minimum Gasteiger partial charge on any atom is -0.496 e. The van der Waals surface area contributed by atoms with Crippen LogP contribution < -0.4 is 9.47 Å². The zero-order valence-corrected chi connectivity index (χ0v) is 15.5. The summed E-state index contributed by atoms with van der Waals surface area (Å²) in [6, 6.07) is 5.47. The predicted molar refractivity (Wildman–Crippen MR) is 92.0 cm³/mol. The van der Waals surface area contributed by atoms with Crippen LogP contribution in [0.5, 0.6) is 11.5 Å². The molecule has 0 atom stereocenters. The summed E-state index contributed by atoms with van der Waals surface area (Å²) in [6.45, 7) is 8.90. The molecule has 1 aromatic rings. The first kappa shape index (κ1) is 19.0. The van der Waals surface area contributed by atoms with E-state index < -0.39 is 8.32 Å². The topological polar surface area (TPSA) is 58.9 Å². The molecule has 2 N–H and O–H groups in total. The highest BCUT2D eigenvalue weighted by atomic mass is 28.4. The van der Waals surface area contributed by atoms with E-state index in [4.69, 9.17) is 9.47 Å². The summed E-state index contributed by atoms with van der Waals surface area (Å²) in [6.07, 6.45) is 3.01. The number of benzene rings is 1. The van der Waals surface area contributed by atoms with Gasteiger partial charge in [-0.25, -0.2) is 0 Å². The van der Waals surface area contributed by atoms with Crippen LogP contribution in [0, 0.1) is 0 Å². The van der Waals surface area contributed by atoms with Gasteiger partial charge in [-0.15, -0.1) is 0 Å². The van der Waals surface area contributed by atoms with E-state index in [-0.39, 0.29) is 11.6 Å². The van der Waals surface area contributed by atoms with Crippen LogP contribution in [0.3, 0.4) is 0 Å². The van der Waals surface area contributed by atoms with E-state index in [1.54, 1.807) is 13.2 Å². The summed E-state index contributed by atoms with van der Waals surface area (Å²) in [5.74, 6) is 1.40. The quantitative estimate of drug-likeness (QED) is 0.536. The first-order valence-corrected chi connectivity index (χ1v) is 10.8. The van der Waals surface area contributed by atoms with Crippen LogP contribution in [-0.4, -0.2) is 31.9 Å². The average Bonchev–Trinajstić information content (AvgIpc) is 2.45.